The number of rotatable bonds is 3. The van der Waals surface area contributed by atoms with Crippen molar-refractivity contribution in [3.8, 4) is 11.8 Å². The largest absolute Gasteiger partial charge is 0.465 e. The van der Waals surface area contributed by atoms with Crippen LogP contribution >= 0.6 is 0 Å². The van der Waals surface area contributed by atoms with Crippen LogP contribution in [0.25, 0.3) is 0 Å². The van der Waals surface area contributed by atoms with Crippen molar-refractivity contribution in [2.24, 2.45) is 0 Å². The van der Waals surface area contributed by atoms with Crippen molar-refractivity contribution in [2.45, 2.75) is 6.42 Å². The van der Waals surface area contributed by atoms with E-state index in [9.17, 15) is 4.79 Å². The first-order valence-electron chi connectivity index (χ1n) is 4.95. The fourth-order valence-electron chi connectivity index (χ4n) is 1.13. The summed E-state index contributed by atoms with van der Waals surface area (Å²) < 4.78 is 4.66. The summed E-state index contributed by atoms with van der Waals surface area (Å²) in [5.41, 5.74) is 1.06. The highest BCUT2D eigenvalue weighted by Crippen LogP contribution is 2.06. The second-order valence-corrected chi connectivity index (χ2v) is 3.07. The Balaban J connectivity index is 2.85. The molecule has 0 bridgehead atoms. The summed E-state index contributed by atoms with van der Waals surface area (Å²) in [6.45, 7) is 0.820. The van der Waals surface area contributed by atoms with E-state index in [2.05, 4.69) is 26.9 Å². The van der Waals surface area contributed by atoms with Gasteiger partial charge in [0, 0.05) is 25.4 Å². The molecule has 1 aromatic rings. The van der Waals surface area contributed by atoms with Gasteiger partial charge in [-0.25, -0.2) is 4.79 Å². The molecule has 0 unspecified atom stereocenters. The van der Waals surface area contributed by atoms with Gasteiger partial charge in [0.15, 0.2) is 0 Å². The minimum atomic E-state index is -0.389. The maximum absolute atomic E-state index is 11.4. The zero-order valence-corrected chi connectivity index (χ0v) is 9.41. The molecule has 0 spiro atoms. The van der Waals surface area contributed by atoms with Gasteiger partial charge in [-0.15, -0.1) is 0 Å². The van der Waals surface area contributed by atoms with Crippen molar-refractivity contribution in [3.05, 3.63) is 29.6 Å². The van der Waals surface area contributed by atoms with Gasteiger partial charge in [0.1, 0.15) is 0 Å². The molecule has 16 heavy (non-hydrogen) atoms. The molecule has 1 heterocycles. The molecule has 0 aliphatic carbocycles. The third-order valence-electron chi connectivity index (χ3n) is 1.95. The zero-order chi connectivity index (χ0) is 11.8. The van der Waals surface area contributed by atoms with Gasteiger partial charge in [-0.2, -0.15) is 0 Å². The van der Waals surface area contributed by atoms with Crippen LogP contribution in [0.3, 0.4) is 0 Å². The van der Waals surface area contributed by atoms with Crippen LogP contribution in [0, 0.1) is 11.8 Å². The molecule has 0 radical (unpaired) electrons. The van der Waals surface area contributed by atoms with Gasteiger partial charge in [-0.3, -0.25) is 4.98 Å². The van der Waals surface area contributed by atoms with E-state index < -0.39 is 0 Å². The highest BCUT2D eigenvalue weighted by atomic mass is 16.5. The predicted octanol–water partition coefficient (Wildman–Crippen LogP) is 0.829. The van der Waals surface area contributed by atoms with E-state index >= 15 is 0 Å². The molecule has 1 rings (SSSR count). The van der Waals surface area contributed by atoms with Gasteiger partial charge in [-0.05, 0) is 13.1 Å². The highest BCUT2D eigenvalue weighted by Gasteiger charge is 2.09. The van der Waals surface area contributed by atoms with Crippen LogP contribution in [0.15, 0.2) is 18.5 Å². The fraction of sp³-hybridized carbons (Fsp3) is 0.333. The molecule has 4 heteroatoms. The molecule has 0 aromatic carbocycles. The Morgan fingerprint density at radius 2 is 2.44 bits per heavy atom. The molecule has 0 saturated carbocycles. The van der Waals surface area contributed by atoms with E-state index in [0.717, 1.165) is 13.0 Å². The summed E-state index contributed by atoms with van der Waals surface area (Å²) in [5, 5.41) is 2.99. The SMILES string of the molecule is CNCCC#Cc1cnccc1C(=O)OC. The number of nitrogens with one attached hydrogen (secondary N) is 1. The first kappa shape index (κ1) is 12.2. The molecule has 0 aliphatic heterocycles. The summed E-state index contributed by atoms with van der Waals surface area (Å²) in [4.78, 5) is 15.3. The Morgan fingerprint density at radius 3 is 3.12 bits per heavy atom. The quantitative estimate of drug-likeness (QED) is 0.464. The van der Waals surface area contributed by atoms with Crippen molar-refractivity contribution < 1.29 is 9.53 Å². The predicted molar refractivity (Wildman–Crippen MR) is 61.0 cm³/mol. The molecule has 0 fully saturated rings. The molecule has 0 atom stereocenters. The third-order valence-corrected chi connectivity index (χ3v) is 1.95. The molecule has 4 nitrogen and oxygen atoms in total. The molecule has 0 saturated heterocycles. The summed E-state index contributed by atoms with van der Waals surface area (Å²) in [5.74, 6) is 5.48. The zero-order valence-electron chi connectivity index (χ0n) is 9.41. The van der Waals surface area contributed by atoms with Gasteiger partial charge < -0.3 is 10.1 Å². The van der Waals surface area contributed by atoms with Crippen LogP contribution in [0.5, 0.6) is 0 Å². The first-order chi connectivity index (χ1) is 7.79. The maximum Gasteiger partial charge on any atom is 0.339 e. The van der Waals surface area contributed by atoms with Crippen LogP contribution < -0.4 is 5.32 Å². The van der Waals surface area contributed by atoms with E-state index in [4.69, 9.17) is 0 Å². The van der Waals surface area contributed by atoms with Crippen molar-refractivity contribution in [1.29, 1.82) is 0 Å². The van der Waals surface area contributed by atoms with E-state index in [-0.39, 0.29) is 5.97 Å². The number of methoxy groups -OCH3 is 1. The number of carbonyl (C=O) groups is 1. The average Bonchev–Trinajstić information content (AvgIpc) is 2.34. The Hall–Kier alpha value is -1.86. The smallest absolute Gasteiger partial charge is 0.339 e. The lowest BCUT2D eigenvalue weighted by molar-refractivity contribution is 0.0600. The number of ether oxygens (including phenoxy) is 1. The van der Waals surface area contributed by atoms with E-state index in [1.54, 1.807) is 18.5 Å². The van der Waals surface area contributed by atoms with Crippen LogP contribution in [0.4, 0.5) is 0 Å². The van der Waals surface area contributed by atoms with Gasteiger partial charge in [0.2, 0.25) is 0 Å². The minimum absolute atomic E-state index is 0.389. The summed E-state index contributed by atoms with van der Waals surface area (Å²) >= 11 is 0. The number of esters is 1. The van der Waals surface area contributed by atoms with Crippen molar-refractivity contribution in [3.63, 3.8) is 0 Å². The second kappa shape index (κ2) is 6.59. The lowest BCUT2D eigenvalue weighted by Gasteiger charge is -2.00. The summed E-state index contributed by atoms with van der Waals surface area (Å²) in [6, 6.07) is 1.61. The Bertz CT molecular complexity index is 419. The van der Waals surface area contributed by atoms with Gasteiger partial charge in [0.25, 0.3) is 0 Å². The van der Waals surface area contributed by atoms with Crippen LogP contribution in [0.2, 0.25) is 0 Å². The molecule has 84 valence electrons. The van der Waals surface area contributed by atoms with Gasteiger partial charge in [-0.1, -0.05) is 11.8 Å². The molecule has 1 aromatic heterocycles. The van der Waals surface area contributed by atoms with E-state index in [1.807, 2.05) is 7.05 Å². The topological polar surface area (TPSA) is 51.2 Å². The number of pyridine rings is 1. The Kier molecular flexibility index (Phi) is 5.03. The van der Waals surface area contributed by atoms with Gasteiger partial charge in [0.05, 0.1) is 18.2 Å². The maximum atomic E-state index is 11.4. The van der Waals surface area contributed by atoms with E-state index in [1.165, 1.54) is 7.11 Å². The molecule has 0 aliphatic rings. The summed E-state index contributed by atoms with van der Waals surface area (Å²) in [7, 11) is 3.21. The van der Waals surface area contributed by atoms with Crippen LogP contribution in [-0.4, -0.2) is 31.7 Å². The number of nitrogens with zero attached hydrogens (tertiary/aromatic N) is 1. The van der Waals surface area contributed by atoms with Crippen molar-refractivity contribution in [2.75, 3.05) is 20.7 Å². The fourth-order valence-corrected chi connectivity index (χ4v) is 1.13. The molecule has 1 N–H and O–H groups in total. The molecular weight excluding hydrogens is 204 g/mol. The number of aromatic nitrogens is 1. The molecular formula is C12H14N2O2. The number of carbonyl (C=O) groups excluding carboxylic acids is 1. The minimum Gasteiger partial charge on any atom is -0.465 e. The van der Waals surface area contributed by atoms with Gasteiger partial charge >= 0.3 is 5.97 Å². The third kappa shape index (κ3) is 3.37. The number of hydrogen-bond acceptors (Lipinski definition) is 4. The average molecular weight is 218 g/mol. The lowest BCUT2D eigenvalue weighted by atomic mass is 10.1. The monoisotopic (exact) mass is 218 g/mol. The second-order valence-electron chi connectivity index (χ2n) is 3.07. The highest BCUT2D eigenvalue weighted by molar-refractivity contribution is 5.92. The summed E-state index contributed by atoms with van der Waals surface area (Å²) in [6.07, 6.45) is 3.84. The van der Waals surface area contributed by atoms with E-state index in [0.29, 0.717) is 11.1 Å². The first-order valence-corrected chi connectivity index (χ1v) is 4.95. The standard InChI is InChI=1S/C12H14N2O2/c1-13-7-4-3-5-10-9-14-8-6-11(10)12(15)16-2/h6,8-9,13H,4,7H2,1-2H3. The Morgan fingerprint density at radius 1 is 1.62 bits per heavy atom. The number of hydrogen-bond donors (Lipinski definition) is 1. The normalized spacial score (nSPS) is 9.12. The lowest BCUT2D eigenvalue weighted by Crippen LogP contribution is -2.06. The van der Waals surface area contributed by atoms with Crippen molar-refractivity contribution in [1.82, 2.24) is 10.3 Å². The van der Waals surface area contributed by atoms with Crippen molar-refractivity contribution >= 4 is 5.97 Å². The molecule has 0 amide bonds. The van der Waals surface area contributed by atoms with Crippen LogP contribution in [0.1, 0.15) is 22.3 Å². The Labute approximate surface area is 95.0 Å². The van der Waals surface area contributed by atoms with Crippen LogP contribution in [-0.2, 0) is 4.74 Å².